The Labute approximate surface area is 57.4 Å². The average Bonchev–Trinajstić information content (AvgIpc) is 1.80. The highest BCUT2D eigenvalue weighted by molar-refractivity contribution is 5.54. The summed E-state index contributed by atoms with van der Waals surface area (Å²) in [6, 6.07) is 0.505. The predicted octanol–water partition coefficient (Wildman–Crippen LogP) is 1.42. The molecule has 0 bridgehead atoms. The molecule has 0 aromatic carbocycles. The van der Waals surface area contributed by atoms with Gasteiger partial charge in [-0.2, -0.15) is 0 Å². The van der Waals surface area contributed by atoms with E-state index < -0.39 is 0 Å². The van der Waals surface area contributed by atoms with Gasteiger partial charge in [-0.1, -0.05) is 6.92 Å². The average molecular weight is 128 g/mol. The molecule has 0 aliphatic rings. The van der Waals surface area contributed by atoms with E-state index in [9.17, 15) is 0 Å². The Kier molecular flexibility index (Phi) is 5.27. The van der Waals surface area contributed by atoms with E-state index in [1.165, 1.54) is 0 Å². The Morgan fingerprint density at radius 2 is 2.22 bits per heavy atom. The van der Waals surface area contributed by atoms with Gasteiger partial charge in [0.1, 0.15) is 0 Å². The molecule has 2 heteroatoms. The van der Waals surface area contributed by atoms with Gasteiger partial charge >= 0.3 is 0 Å². The molecule has 0 aromatic rings. The van der Waals surface area contributed by atoms with Gasteiger partial charge in [0.2, 0.25) is 0 Å². The lowest BCUT2D eigenvalue weighted by molar-refractivity contribution is 0.739. The molecule has 0 aliphatic heterocycles. The van der Waals surface area contributed by atoms with E-state index in [0.29, 0.717) is 6.04 Å². The van der Waals surface area contributed by atoms with E-state index in [2.05, 4.69) is 31.1 Å². The molecule has 0 saturated carbocycles. The zero-order chi connectivity index (χ0) is 7.11. The number of hydrogen-bond donors (Lipinski definition) is 1. The normalized spacial score (nSPS) is 11.1. The minimum atomic E-state index is 0.505. The summed E-state index contributed by atoms with van der Waals surface area (Å²) in [5.41, 5.74) is 0. The zero-order valence-corrected chi connectivity index (χ0v) is 6.52. The van der Waals surface area contributed by atoms with Crippen molar-refractivity contribution in [1.29, 1.82) is 0 Å². The van der Waals surface area contributed by atoms with Crippen molar-refractivity contribution in [1.82, 2.24) is 5.32 Å². The smallest absolute Gasteiger partial charge is 0.0825 e. The maximum absolute atomic E-state index is 4.09. The second kappa shape index (κ2) is 5.60. The van der Waals surface area contributed by atoms with Crippen LogP contribution in [0.25, 0.3) is 0 Å². The molecule has 0 saturated heterocycles. The van der Waals surface area contributed by atoms with Gasteiger partial charge in [-0.3, -0.25) is 4.99 Å². The molecule has 0 atom stereocenters. The molecule has 0 aliphatic carbocycles. The van der Waals surface area contributed by atoms with Crippen LogP contribution in [0.15, 0.2) is 4.99 Å². The van der Waals surface area contributed by atoms with E-state index >= 15 is 0 Å². The van der Waals surface area contributed by atoms with Crippen LogP contribution in [0.5, 0.6) is 0 Å². The largest absolute Gasteiger partial charge is 0.374 e. The maximum Gasteiger partial charge on any atom is 0.0825 e. The lowest BCUT2D eigenvalue weighted by Gasteiger charge is -2.00. The van der Waals surface area contributed by atoms with Crippen LogP contribution in [0.4, 0.5) is 0 Å². The van der Waals surface area contributed by atoms with Crippen molar-refractivity contribution in [2.45, 2.75) is 33.2 Å². The summed E-state index contributed by atoms with van der Waals surface area (Å²) in [6.07, 6.45) is 2.91. The highest BCUT2D eigenvalue weighted by Gasteiger charge is 1.82. The van der Waals surface area contributed by atoms with Crippen LogP contribution in [-0.4, -0.2) is 18.9 Å². The lowest BCUT2D eigenvalue weighted by atomic mass is 10.4. The molecule has 0 spiro atoms. The molecule has 1 N–H and O–H groups in total. The summed E-state index contributed by atoms with van der Waals surface area (Å²) in [4.78, 5) is 4.09. The first kappa shape index (κ1) is 8.47. The summed E-state index contributed by atoms with van der Waals surface area (Å²) in [5.74, 6) is 0. The summed E-state index contributed by atoms with van der Waals surface area (Å²) in [5, 5.41) is 3.09. The quantitative estimate of drug-likeness (QED) is 0.449. The molecule has 0 unspecified atom stereocenters. The van der Waals surface area contributed by atoms with Crippen LogP contribution in [-0.2, 0) is 0 Å². The summed E-state index contributed by atoms with van der Waals surface area (Å²) >= 11 is 0. The number of hydrogen-bond acceptors (Lipinski definition) is 1. The van der Waals surface area contributed by atoms with Gasteiger partial charge in [0.15, 0.2) is 0 Å². The van der Waals surface area contributed by atoms with Crippen molar-refractivity contribution in [3.8, 4) is 0 Å². The van der Waals surface area contributed by atoms with Crippen molar-refractivity contribution in [3.05, 3.63) is 0 Å². The number of aliphatic imine (C=N–C) groups is 1. The molecular weight excluding hydrogens is 112 g/mol. The topological polar surface area (TPSA) is 24.4 Å². The van der Waals surface area contributed by atoms with Crippen LogP contribution in [0.1, 0.15) is 27.2 Å². The van der Waals surface area contributed by atoms with E-state index in [1.54, 1.807) is 6.34 Å². The first-order valence-corrected chi connectivity index (χ1v) is 3.51. The van der Waals surface area contributed by atoms with Crippen LogP contribution < -0.4 is 5.32 Å². The molecular formula is C7H16N2. The molecule has 0 heterocycles. The van der Waals surface area contributed by atoms with Gasteiger partial charge in [0.25, 0.3) is 0 Å². The molecule has 0 rings (SSSR count). The third-order valence-electron chi connectivity index (χ3n) is 0.852. The molecule has 2 nitrogen and oxygen atoms in total. The third kappa shape index (κ3) is 7.47. The Morgan fingerprint density at radius 1 is 1.56 bits per heavy atom. The van der Waals surface area contributed by atoms with Gasteiger partial charge in [0, 0.05) is 12.6 Å². The second-order valence-electron chi connectivity index (χ2n) is 2.36. The Morgan fingerprint density at radius 3 is 2.67 bits per heavy atom. The van der Waals surface area contributed by atoms with E-state index in [4.69, 9.17) is 0 Å². The molecule has 0 fully saturated rings. The Balaban J connectivity index is 3.04. The number of rotatable bonds is 4. The van der Waals surface area contributed by atoms with Gasteiger partial charge in [-0.15, -0.1) is 0 Å². The van der Waals surface area contributed by atoms with Crippen molar-refractivity contribution < 1.29 is 0 Å². The number of nitrogens with one attached hydrogen (secondary N) is 1. The van der Waals surface area contributed by atoms with E-state index in [0.717, 1.165) is 13.0 Å². The van der Waals surface area contributed by atoms with Gasteiger partial charge in [0.05, 0.1) is 6.34 Å². The fourth-order valence-electron chi connectivity index (χ4n) is 0.395. The predicted molar refractivity (Wildman–Crippen MR) is 41.9 cm³/mol. The zero-order valence-electron chi connectivity index (χ0n) is 6.52. The van der Waals surface area contributed by atoms with Crippen LogP contribution >= 0.6 is 0 Å². The van der Waals surface area contributed by atoms with Crippen molar-refractivity contribution in [3.63, 3.8) is 0 Å². The minimum absolute atomic E-state index is 0.505. The Hall–Kier alpha value is -0.530. The monoisotopic (exact) mass is 128 g/mol. The van der Waals surface area contributed by atoms with Crippen LogP contribution in [0.2, 0.25) is 0 Å². The fourth-order valence-corrected chi connectivity index (χ4v) is 0.395. The molecule has 9 heavy (non-hydrogen) atoms. The molecule has 0 radical (unpaired) electrons. The lowest BCUT2D eigenvalue weighted by Crippen LogP contribution is -2.20. The standard InChI is InChI=1S/C7H16N2/c1-4-5-8-6-9-7(2)3/h6-7H,4-5H2,1-3H3,(H,8,9). The van der Waals surface area contributed by atoms with Crippen molar-refractivity contribution in [2.75, 3.05) is 6.54 Å². The van der Waals surface area contributed by atoms with Crippen LogP contribution in [0, 0.1) is 0 Å². The second-order valence-corrected chi connectivity index (χ2v) is 2.36. The van der Waals surface area contributed by atoms with Gasteiger partial charge in [-0.05, 0) is 20.3 Å². The summed E-state index contributed by atoms with van der Waals surface area (Å²) < 4.78 is 0. The van der Waals surface area contributed by atoms with Gasteiger partial charge < -0.3 is 5.32 Å². The minimum Gasteiger partial charge on any atom is -0.374 e. The van der Waals surface area contributed by atoms with Gasteiger partial charge in [-0.25, -0.2) is 0 Å². The first-order valence-electron chi connectivity index (χ1n) is 3.51. The molecule has 54 valence electrons. The summed E-state index contributed by atoms with van der Waals surface area (Å²) in [7, 11) is 0. The molecule has 0 aromatic heterocycles. The Bertz CT molecular complexity index is 77.0. The highest BCUT2D eigenvalue weighted by Crippen LogP contribution is 1.75. The fraction of sp³-hybridized carbons (Fsp3) is 0.857. The van der Waals surface area contributed by atoms with Crippen LogP contribution in [0.3, 0.4) is 0 Å². The third-order valence-corrected chi connectivity index (χ3v) is 0.852. The van der Waals surface area contributed by atoms with E-state index in [1.807, 2.05) is 0 Å². The number of nitrogens with zero attached hydrogens (tertiary/aromatic N) is 1. The van der Waals surface area contributed by atoms with Crippen molar-refractivity contribution in [2.24, 2.45) is 4.99 Å². The first-order chi connectivity index (χ1) is 4.27. The summed E-state index contributed by atoms with van der Waals surface area (Å²) in [6.45, 7) is 7.24. The maximum atomic E-state index is 4.09. The van der Waals surface area contributed by atoms with E-state index in [-0.39, 0.29) is 0 Å². The SMILES string of the molecule is CCCN=CNC(C)C. The molecule has 0 amide bonds. The highest BCUT2D eigenvalue weighted by atomic mass is 14.9. The van der Waals surface area contributed by atoms with Crippen molar-refractivity contribution >= 4 is 6.34 Å².